The molecule has 0 amide bonds. The average Bonchev–Trinajstić information content (AvgIpc) is 2.61. The molecule has 4 nitrogen and oxygen atoms in total. The predicted molar refractivity (Wildman–Crippen MR) is 56.0 cm³/mol. The Labute approximate surface area is 87.3 Å². The van der Waals surface area contributed by atoms with Gasteiger partial charge in [0.05, 0.1) is 11.8 Å². The van der Waals surface area contributed by atoms with Gasteiger partial charge in [-0.3, -0.25) is 4.79 Å². The maximum Gasteiger partial charge on any atom is 0.174 e. The Morgan fingerprint density at radius 1 is 1.60 bits per heavy atom. The van der Waals surface area contributed by atoms with Gasteiger partial charge in [0.2, 0.25) is 0 Å². The Bertz CT molecular complexity index is 475. The maximum absolute atomic E-state index is 11.1. The van der Waals surface area contributed by atoms with E-state index in [1.54, 1.807) is 0 Å². The third-order valence-corrected chi connectivity index (χ3v) is 2.23. The number of fused-ring (bicyclic) bond motifs is 1. The molecule has 0 saturated heterocycles. The lowest BCUT2D eigenvalue weighted by atomic mass is 10.1. The molecule has 74 valence electrons. The molecule has 0 radical (unpaired) electrons. The number of Topliss-reactive ketones (excluding diaryl/α,β-unsaturated/α-hetero) is 1. The number of aliphatic imine (C=N–C) groups is 1. The van der Waals surface area contributed by atoms with Crippen LogP contribution in [-0.2, 0) is 4.79 Å². The lowest BCUT2D eigenvalue weighted by molar-refractivity contribution is -0.113. The van der Waals surface area contributed by atoms with Crippen LogP contribution in [0.25, 0.3) is 0 Å². The Hall–Kier alpha value is -2.15. The summed E-state index contributed by atoms with van der Waals surface area (Å²) in [5, 5.41) is 11.8. The quantitative estimate of drug-likeness (QED) is 0.503. The summed E-state index contributed by atoms with van der Waals surface area (Å²) >= 11 is 0. The van der Waals surface area contributed by atoms with Crippen molar-refractivity contribution in [1.82, 2.24) is 5.32 Å². The first-order valence-corrected chi connectivity index (χ1v) is 4.57. The second-order valence-corrected chi connectivity index (χ2v) is 3.29. The van der Waals surface area contributed by atoms with Crippen LogP contribution in [0, 0.1) is 11.3 Å². The molecule has 2 aliphatic rings. The highest BCUT2D eigenvalue weighted by Gasteiger charge is 2.24. The van der Waals surface area contributed by atoms with Crippen LogP contribution < -0.4 is 5.32 Å². The van der Waals surface area contributed by atoms with E-state index in [2.05, 4.69) is 10.3 Å². The van der Waals surface area contributed by atoms with E-state index in [0.29, 0.717) is 5.82 Å². The minimum Gasteiger partial charge on any atom is -0.357 e. The van der Waals surface area contributed by atoms with Crippen LogP contribution in [-0.4, -0.2) is 17.5 Å². The summed E-state index contributed by atoms with van der Waals surface area (Å²) in [6.45, 7) is 1.36. The van der Waals surface area contributed by atoms with Crippen LogP contribution in [0.15, 0.2) is 40.7 Å². The third kappa shape index (κ3) is 1.59. The van der Waals surface area contributed by atoms with Crippen molar-refractivity contribution in [2.75, 3.05) is 0 Å². The number of hydrogen-bond donors (Lipinski definition) is 1. The molecule has 4 heteroatoms. The number of carbonyl (C=O) groups excluding carboxylic acids is 1. The van der Waals surface area contributed by atoms with Crippen LogP contribution in [0.3, 0.4) is 0 Å². The van der Waals surface area contributed by atoms with Crippen molar-refractivity contribution in [3.63, 3.8) is 0 Å². The highest BCUT2D eigenvalue weighted by atomic mass is 16.1. The Balaban J connectivity index is 2.41. The molecular formula is C11H9N3O. The number of nitriles is 1. The van der Waals surface area contributed by atoms with Gasteiger partial charge in [0.15, 0.2) is 5.78 Å². The topological polar surface area (TPSA) is 65.2 Å². The number of ketones is 1. The van der Waals surface area contributed by atoms with Crippen molar-refractivity contribution in [2.24, 2.45) is 4.99 Å². The van der Waals surface area contributed by atoms with Gasteiger partial charge in [0.1, 0.15) is 17.5 Å². The van der Waals surface area contributed by atoms with Crippen molar-refractivity contribution in [1.29, 1.82) is 5.26 Å². The SMILES string of the molecule is CC(=O)/C(C#N)=C1\N=C2C=CC=CC2N1. The fourth-order valence-corrected chi connectivity index (χ4v) is 1.50. The summed E-state index contributed by atoms with van der Waals surface area (Å²) in [6, 6.07) is 1.86. The van der Waals surface area contributed by atoms with E-state index in [1.807, 2.05) is 30.4 Å². The van der Waals surface area contributed by atoms with Crippen molar-refractivity contribution < 1.29 is 4.79 Å². The molecule has 0 spiro atoms. The first-order chi connectivity index (χ1) is 7.22. The Morgan fingerprint density at radius 3 is 3.00 bits per heavy atom. The lowest BCUT2D eigenvalue weighted by Crippen LogP contribution is -2.27. The standard InChI is InChI=1S/C11H9N3O/c1-7(15)8(6-12)11-13-9-4-2-3-5-10(9)14-11/h2-5,9,13H,1H3/b11-8-. The molecule has 1 atom stereocenters. The number of allylic oxidation sites excluding steroid dienone is 3. The second-order valence-electron chi connectivity index (χ2n) is 3.29. The molecular weight excluding hydrogens is 190 g/mol. The van der Waals surface area contributed by atoms with Crippen molar-refractivity contribution in [3.8, 4) is 6.07 Å². The number of rotatable bonds is 1. The van der Waals surface area contributed by atoms with E-state index in [1.165, 1.54) is 6.92 Å². The summed E-state index contributed by atoms with van der Waals surface area (Å²) < 4.78 is 0. The summed E-state index contributed by atoms with van der Waals surface area (Å²) in [6.07, 6.45) is 7.57. The fourth-order valence-electron chi connectivity index (χ4n) is 1.50. The molecule has 0 aromatic carbocycles. The fraction of sp³-hybridized carbons (Fsp3) is 0.182. The monoisotopic (exact) mass is 199 g/mol. The molecule has 1 aliphatic heterocycles. The van der Waals surface area contributed by atoms with Gasteiger partial charge in [-0.05, 0) is 6.08 Å². The number of carbonyl (C=O) groups is 1. The highest BCUT2D eigenvalue weighted by Crippen LogP contribution is 2.16. The van der Waals surface area contributed by atoms with Crippen LogP contribution in [0.4, 0.5) is 0 Å². The Kier molecular flexibility index (Phi) is 2.22. The summed E-state index contributed by atoms with van der Waals surface area (Å²) in [5.74, 6) is 0.108. The normalized spacial score (nSPS) is 25.1. The molecule has 0 aromatic heterocycles. The predicted octanol–water partition coefficient (Wildman–Crippen LogP) is 0.849. The van der Waals surface area contributed by atoms with E-state index < -0.39 is 0 Å². The maximum atomic E-state index is 11.1. The average molecular weight is 199 g/mol. The molecule has 0 saturated carbocycles. The van der Waals surface area contributed by atoms with Gasteiger partial charge in [0.25, 0.3) is 0 Å². The van der Waals surface area contributed by atoms with Crippen molar-refractivity contribution >= 4 is 11.5 Å². The van der Waals surface area contributed by atoms with E-state index in [-0.39, 0.29) is 17.4 Å². The van der Waals surface area contributed by atoms with Crippen molar-refractivity contribution in [3.05, 3.63) is 35.7 Å². The number of nitrogens with one attached hydrogen (secondary N) is 1. The first kappa shape index (κ1) is 9.41. The van der Waals surface area contributed by atoms with Gasteiger partial charge in [-0.1, -0.05) is 18.2 Å². The lowest BCUT2D eigenvalue weighted by Gasteiger charge is -2.08. The summed E-state index contributed by atoms with van der Waals surface area (Å²) in [7, 11) is 0. The van der Waals surface area contributed by atoms with E-state index in [0.717, 1.165) is 5.71 Å². The number of hydrogen-bond acceptors (Lipinski definition) is 4. The van der Waals surface area contributed by atoms with E-state index >= 15 is 0 Å². The van der Waals surface area contributed by atoms with Gasteiger partial charge < -0.3 is 5.32 Å². The van der Waals surface area contributed by atoms with Gasteiger partial charge in [0, 0.05) is 6.92 Å². The van der Waals surface area contributed by atoms with Gasteiger partial charge >= 0.3 is 0 Å². The van der Waals surface area contributed by atoms with Crippen LogP contribution in [0.1, 0.15) is 6.92 Å². The molecule has 1 unspecified atom stereocenters. The van der Waals surface area contributed by atoms with Gasteiger partial charge in [-0.15, -0.1) is 0 Å². The van der Waals surface area contributed by atoms with E-state index in [4.69, 9.17) is 5.26 Å². The van der Waals surface area contributed by atoms with Crippen LogP contribution in [0.2, 0.25) is 0 Å². The largest absolute Gasteiger partial charge is 0.357 e. The Morgan fingerprint density at radius 2 is 2.40 bits per heavy atom. The molecule has 1 N–H and O–H groups in total. The molecule has 15 heavy (non-hydrogen) atoms. The molecule has 1 aliphatic carbocycles. The molecule has 0 bridgehead atoms. The molecule has 1 heterocycles. The summed E-state index contributed by atoms with van der Waals surface area (Å²) in [4.78, 5) is 15.3. The zero-order chi connectivity index (χ0) is 10.8. The van der Waals surface area contributed by atoms with Crippen LogP contribution in [0.5, 0.6) is 0 Å². The minimum absolute atomic E-state index is 0.00676. The van der Waals surface area contributed by atoms with Gasteiger partial charge in [-0.2, -0.15) is 5.26 Å². The summed E-state index contributed by atoms with van der Waals surface area (Å²) in [5.41, 5.74) is 0.917. The smallest absolute Gasteiger partial charge is 0.174 e. The second kappa shape index (κ2) is 3.54. The molecule has 2 rings (SSSR count). The van der Waals surface area contributed by atoms with Crippen molar-refractivity contribution in [2.45, 2.75) is 13.0 Å². The highest BCUT2D eigenvalue weighted by molar-refractivity contribution is 6.06. The van der Waals surface area contributed by atoms with Crippen LogP contribution >= 0.6 is 0 Å². The van der Waals surface area contributed by atoms with E-state index in [9.17, 15) is 4.79 Å². The molecule has 0 aromatic rings. The molecule has 0 fully saturated rings. The zero-order valence-electron chi connectivity index (χ0n) is 8.19. The van der Waals surface area contributed by atoms with Gasteiger partial charge in [-0.25, -0.2) is 4.99 Å². The minimum atomic E-state index is -0.268. The zero-order valence-corrected chi connectivity index (χ0v) is 8.19. The third-order valence-electron chi connectivity index (χ3n) is 2.23. The first-order valence-electron chi connectivity index (χ1n) is 4.57. The number of nitrogens with zero attached hydrogens (tertiary/aromatic N) is 2.